The molecule has 0 aliphatic rings. The van der Waals surface area contributed by atoms with Crippen LogP contribution in [0.5, 0.6) is 0 Å². The summed E-state index contributed by atoms with van der Waals surface area (Å²) in [4.78, 5) is 1.03. The van der Waals surface area contributed by atoms with Gasteiger partial charge < -0.3 is 5.73 Å². The predicted octanol–water partition coefficient (Wildman–Crippen LogP) is 4.50. The fourth-order valence-electron chi connectivity index (χ4n) is 1.79. The van der Waals surface area contributed by atoms with Gasteiger partial charge in [0, 0.05) is 22.9 Å². The van der Waals surface area contributed by atoms with Gasteiger partial charge in [-0.2, -0.15) is 5.10 Å². The van der Waals surface area contributed by atoms with E-state index in [2.05, 4.69) is 28.0 Å². The lowest BCUT2D eigenvalue weighted by atomic mass is 10.3. The van der Waals surface area contributed by atoms with Crippen LogP contribution >= 0.6 is 39.3 Å². The van der Waals surface area contributed by atoms with Gasteiger partial charge in [-0.25, -0.2) is 0 Å². The number of aromatic nitrogens is 2. The molecule has 0 bridgehead atoms. The molecule has 102 valence electrons. The van der Waals surface area contributed by atoms with E-state index in [9.17, 15) is 0 Å². The number of benzene rings is 1. The first kappa shape index (κ1) is 14.8. The van der Waals surface area contributed by atoms with E-state index in [1.165, 1.54) is 5.69 Å². The first-order chi connectivity index (χ1) is 9.02. The van der Waals surface area contributed by atoms with Crippen LogP contribution in [0.25, 0.3) is 0 Å². The van der Waals surface area contributed by atoms with Crippen LogP contribution in [0.2, 0.25) is 5.02 Å². The Labute approximate surface area is 130 Å². The molecule has 1 aromatic heterocycles. The van der Waals surface area contributed by atoms with E-state index in [0.717, 1.165) is 27.4 Å². The molecule has 0 amide bonds. The number of anilines is 1. The largest absolute Gasteiger partial charge is 0.399 e. The number of nitrogen functional groups attached to an aromatic ring is 1. The summed E-state index contributed by atoms with van der Waals surface area (Å²) in [5, 5.41) is 5.18. The highest BCUT2D eigenvalue weighted by Gasteiger charge is 2.13. The number of nitrogens with two attached hydrogens (primary N) is 1. The van der Waals surface area contributed by atoms with Crippen molar-refractivity contribution in [3.05, 3.63) is 39.1 Å². The maximum Gasteiger partial charge on any atom is 0.0739 e. The van der Waals surface area contributed by atoms with Gasteiger partial charge in [-0.15, -0.1) is 11.8 Å². The number of halogens is 2. The molecule has 2 rings (SSSR count). The maximum atomic E-state index is 6.18. The molecule has 0 saturated heterocycles. The summed E-state index contributed by atoms with van der Waals surface area (Å²) in [7, 11) is 0. The number of hydrogen-bond donors (Lipinski definition) is 1. The van der Waals surface area contributed by atoms with E-state index in [1.807, 2.05) is 23.7 Å². The summed E-state index contributed by atoms with van der Waals surface area (Å²) < 4.78 is 3.09. The molecule has 1 heterocycles. The van der Waals surface area contributed by atoms with Crippen LogP contribution in [0.1, 0.15) is 18.3 Å². The highest BCUT2D eigenvalue weighted by atomic mass is 79.9. The molecule has 0 aliphatic heterocycles. The van der Waals surface area contributed by atoms with E-state index in [-0.39, 0.29) is 0 Å². The Morgan fingerprint density at radius 1 is 1.47 bits per heavy atom. The Morgan fingerprint density at radius 2 is 2.21 bits per heavy atom. The molecular weight excluding hydrogens is 346 g/mol. The van der Waals surface area contributed by atoms with Crippen molar-refractivity contribution in [2.45, 2.75) is 31.0 Å². The number of nitrogens with zero attached hydrogens (tertiary/aromatic N) is 2. The van der Waals surface area contributed by atoms with Crippen molar-refractivity contribution in [2.24, 2.45) is 0 Å². The summed E-state index contributed by atoms with van der Waals surface area (Å²) >= 11 is 11.5. The highest BCUT2D eigenvalue weighted by molar-refractivity contribution is 9.10. The second kappa shape index (κ2) is 6.20. The van der Waals surface area contributed by atoms with Gasteiger partial charge in [-0.05, 0) is 48.0 Å². The summed E-state index contributed by atoms with van der Waals surface area (Å²) in [6.45, 7) is 4.95. The molecule has 0 fully saturated rings. The molecule has 1 aromatic carbocycles. The van der Waals surface area contributed by atoms with Gasteiger partial charge in [0.15, 0.2) is 0 Å². The molecule has 3 nitrogen and oxygen atoms in total. The number of rotatable bonds is 4. The van der Waals surface area contributed by atoms with Crippen molar-refractivity contribution in [2.75, 3.05) is 5.73 Å². The molecule has 0 radical (unpaired) electrons. The fourth-order valence-corrected chi connectivity index (χ4v) is 3.70. The van der Waals surface area contributed by atoms with Crippen LogP contribution in [-0.4, -0.2) is 9.78 Å². The molecule has 2 N–H and O–H groups in total. The molecule has 0 spiro atoms. The summed E-state index contributed by atoms with van der Waals surface area (Å²) in [6, 6.07) is 5.60. The lowest BCUT2D eigenvalue weighted by molar-refractivity contribution is 0.631. The zero-order valence-electron chi connectivity index (χ0n) is 10.8. The van der Waals surface area contributed by atoms with Gasteiger partial charge in [0.2, 0.25) is 0 Å². The maximum absolute atomic E-state index is 6.18. The summed E-state index contributed by atoms with van der Waals surface area (Å²) in [6.07, 6.45) is 0. The van der Waals surface area contributed by atoms with Crippen LogP contribution in [0.4, 0.5) is 5.69 Å². The first-order valence-electron chi connectivity index (χ1n) is 5.92. The van der Waals surface area contributed by atoms with Crippen molar-refractivity contribution < 1.29 is 0 Å². The average Bonchev–Trinajstić information content (AvgIpc) is 2.65. The summed E-state index contributed by atoms with van der Waals surface area (Å²) in [5.74, 6) is 0.818. The molecule has 2 aromatic rings. The number of hydrogen-bond acceptors (Lipinski definition) is 3. The quantitative estimate of drug-likeness (QED) is 0.645. The molecular formula is C13H15BrClN3S. The van der Waals surface area contributed by atoms with Crippen LogP contribution in [0.3, 0.4) is 0 Å². The number of aryl methyl sites for hydroxylation is 2. The average molecular weight is 361 g/mol. The van der Waals surface area contributed by atoms with Gasteiger partial charge in [0.25, 0.3) is 0 Å². The molecule has 0 atom stereocenters. The van der Waals surface area contributed by atoms with Crippen molar-refractivity contribution in [3.8, 4) is 0 Å². The molecule has 0 aliphatic carbocycles. The highest BCUT2D eigenvalue weighted by Crippen LogP contribution is 2.33. The second-order valence-electron chi connectivity index (χ2n) is 4.14. The van der Waals surface area contributed by atoms with Gasteiger partial charge in [0.05, 0.1) is 20.9 Å². The van der Waals surface area contributed by atoms with Crippen LogP contribution in [-0.2, 0) is 12.3 Å². The monoisotopic (exact) mass is 359 g/mol. The third-order valence-corrected chi connectivity index (χ3v) is 5.31. The van der Waals surface area contributed by atoms with E-state index in [4.69, 9.17) is 17.3 Å². The Balaban J connectivity index is 2.18. The SMILES string of the molecule is CCn1nc(C)c(Br)c1CSc1ccc(N)cc1Cl. The van der Waals surface area contributed by atoms with Gasteiger partial charge in [0.1, 0.15) is 0 Å². The van der Waals surface area contributed by atoms with E-state index < -0.39 is 0 Å². The Kier molecular flexibility index (Phi) is 4.81. The topological polar surface area (TPSA) is 43.8 Å². The molecule has 0 saturated carbocycles. The third kappa shape index (κ3) is 3.27. The zero-order chi connectivity index (χ0) is 14.0. The first-order valence-corrected chi connectivity index (χ1v) is 8.08. The molecule has 0 unspecified atom stereocenters. The zero-order valence-corrected chi connectivity index (χ0v) is 13.9. The Morgan fingerprint density at radius 3 is 2.84 bits per heavy atom. The minimum absolute atomic E-state index is 0.685. The molecule has 6 heteroatoms. The minimum atomic E-state index is 0.685. The standard InChI is InChI=1S/C13H15BrClN3S/c1-3-18-11(13(14)8(2)17-18)7-19-12-5-4-9(16)6-10(12)15/h4-6H,3,7,16H2,1-2H3. The smallest absolute Gasteiger partial charge is 0.0739 e. The predicted molar refractivity (Wildman–Crippen MR) is 85.8 cm³/mol. The normalized spacial score (nSPS) is 10.9. The van der Waals surface area contributed by atoms with E-state index in [0.29, 0.717) is 10.7 Å². The van der Waals surface area contributed by atoms with Crippen molar-refractivity contribution in [1.29, 1.82) is 0 Å². The van der Waals surface area contributed by atoms with Gasteiger partial charge in [-0.3, -0.25) is 4.68 Å². The second-order valence-corrected chi connectivity index (χ2v) is 6.36. The van der Waals surface area contributed by atoms with Crippen LogP contribution in [0.15, 0.2) is 27.6 Å². The van der Waals surface area contributed by atoms with Crippen LogP contribution in [0, 0.1) is 6.92 Å². The minimum Gasteiger partial charge on any atom is -0.399 e. The summed E-state index contributed by atoms with van der Waals surface area (Å²) in [5.41, 5.74) is 8.57. The number of thioether (sulfide) groups is 1. The van der Waals surface area contributed by atoms with Gasteiger partial charge >= 0.3 is 0 Å². The lowest BCUT2D eigenvalue weighted by Crippen LogP contribution is -2.01. The van der Waals surface area contributed by atoms with E-state index in [1.54, 1.807) is 17.8 Å². The van der Waals surface area contributed by atoms with Crippen molar-refractivity contribution in [1.82, 2.24) is 9.78 Å². The Hall–Kier alpha value is -0.650. The van der Waals surface area contributed by atoms with Crippen molar-refractivity contribution >= 4 is 45.0 Å². The van der Waals surface area contributed by atoms with Crippen LogP contribution < -0.4 is 5.73 Å². The molecule has 19 heavy (non-hydrogen) atoms. The lowest BCUT2D eigenvalue weighted by Gasteiger charge is -2.07. The fraction of sp³-hybridized carbons (Fsp3) is 0.308. The Bertz CT molecular complexity index is 598. The van der Waals surface area contributed by atoms with E-state index >= 15 is 0 Å². The third-order valence-electron chi connectivity index (χ3n) is 2.77. The van der Waals surface area contributed by atoms with Crippen molar-refractivity contribution in [3.63, 3.8) is 0 Å². The van der Waals surface area contributed by atoms with Gasteiger partial charge in [-0.1, -0.05) is 11.6 Å².